The van der Waals surface area contributed by atoms with Gasteiger partial charge in [0.15, 0.2) is 5.96 Å². The molecule has 5 heteroatoms. The van der Waals surface area contributed by atoms with Gasteiger partial charge in [-0.25, -0.2) is 0 Å². The number of hydrogen-bond acceptors (Lipinski definition) is 3. The lowest BCUT2D eigenvalue weighted by molar-refractivity contribution is 0.185. The maximum Gasteiger partial charge on any atom is 0.191 e. The fourth-order valence-corrected chi connectivity index (χ4v) is 1.86. The Morgan fingerprint density at radius 3 is 2.48 bits per heavy atom. The van der Waals surface area contributed by atoms with Gasteiger partial charge in [0.2, 0.25) is 0 Å². The van der Waals surface area contributed by atoms with Crippen molar-refractivity contribution in [1.29, 1.82) is 0 Å². The van der Waals surface area contributed by atoms with Gasteiger partial charge in [0.1, 0.15) is 5.75 Å². The minimum absolute atomic E-state index is 0.115. The molecule has 1 atom stereocenters. The fourth-order valence-electron chi connectivity index (χ4n) is 1.86. The number of aliphatic hydroxyl groups excluding tert-OH is 1. The van der Waals surface area contributed by atoms with Crippen LogP contribution in [-0.4, -0.2) is 36.8 Å². The van der Waals surface area contributed by atoms with Crippen molar-refractivity contribution in [2.75, 3.05) is 19.6 Å². The molecule has 1 aromatic rings. The first-order chi connectivity index (χ1) is 10.1. The van der Waals surface area contributed by atoms with Crippen LogP contribution in [0.5, 0.6) is 5.75 Å². The third kappa shape index (κ3) is 6.49. The molecular weight excluding hydrogens is 266 g/mol. The van der Waals surface area contributed by atoms with Crippen LogP contribution in [0.25, 0.3) is 0 Å². The number of aliphatic imine (C=N–C) groups is 1. The lowest BCUT2D eigenvalue weighted by atomic mass is 10.1. The van der Waals surface area contributed by atoms with Gasteiger partial charge in [-0.15, -0.1) is 0 Å². The van der Waals surface area contributed by atoms with Crippen molar-refractivity contribution in [3.05, 3.63) is 29.8 Å². The molecule has 0 saturated heterocycles. The van der Waals surface area contributed by atoms with E-state index in [9.17, 15) is 5.11 Å². The van der Waals surface area contributed by atoms with Crippen molar-refractivity contribution in [1.82, 2.24) is 10.6 Å². The molecule has 1 aromatic carbocycles. The minimum atomic E-state index is -0.645. The predicted octanol–water partition coefficient (Wildman–Crippen LogP) is 2.08. The number of nitrogens with zero attached hydrogens (tertiary/aromatic N) is 1. The quantitative estimate of drug-likeness (QED) is 0.532. The van der Waals surface area contributed by atoms with Crippen LogP contribution < -0.4 is 15.4 Å². The van der Waals surface area contributed by atoms with Crippen LogP contribution in [0.2, 0.25) is 0 Å². The van der Waals surface area contributed by atoms with Crippen LogP contribution in [0.3, 0.4) is 0 Å². The van der Waals surface area contributed by atoms with Gasteiger partial charge in [-0.05, 0) is 45.4 Å². The number of ether oxygens (including phenoxy) is 1. The number of aliphatic hydroxyl groups is 1. The van der Waals surface area contributed by atoms with Crippen molar-refractivity contribution in [2.45, 2.75) is 39.9 Å². The first-order valence-electron chi connectivity index (χ1n) is 7.53. The minimum Gasteiger partial charge on any atom is -0.491 e. The first kappa shape index (κ1) is 17.3. The standard InChI is InChI=1S/C16H27N3O2/c1-5-17-16(18-6-2)19-11-15(20)13-8-7-9-14(10-13)21-12(3)4/h7-10,12,15,20H,5-6,11H2,1-4H3,(H2,17,18,19). The summed E-state index contributed by atoms with van der Waals surface area (Å²) in [6.45, 7) is 9.87. The summed E-state index contributed by atoms with van der Waals surface area (Å²) in [7, 11) is 0. The Morgan fingerprint density at radius 2 is 1.90 bits per heavy atom. The highest BCUT2D eigenvalue weighted by atomic mass is 16.5. The van der Waals surface area contributed by atoms with Gasteiger partial charge in [0.25, 0.3) is 0 Å². The molecule has 0 aliphatic carbocycles. The molecule has 0 saturated carbocycles. The maximum absolute atomic E-state index is 10.2. The van der Waals surface area contributed by atoms with E-state index in [1.165, 1.54) is 0 Å². The number of guanidine groups is 1. The molecule has 0 bridgehead atoms. The molecule has 21 heavy (non-hydrogen) atoms. The van der Waals surface area contributed by atoms with Gasteiger partial charge in [0.05, 0.1) is 18.8 Å². The van der Waals surface area contributed by atoms with Crippen LogP contribution in [0.4, 0.5) is 0 Å². The van der Waals surface area contributed by atoms with Gasteiger partial charge in [-0.1, -0.05) is 12.1 Å². The molecule has 1 unspecified atom stereocenters. The van der Waals surface area contributed by atoms with E-state index in [1.54, 1.807) is 0 Å². The zero-order valence-corrected chi connectivity index (χ0v) is 13.4. The average Bonchev–Trinajstić information content (AvgIpc) is 2.44. The highest BCUT2D eigenvalue weighted by Crippen LogP contribution is 2.20. The fraction of sp³-hybridized carbons (Fsp3) is 0.562. The molecular formula is C16H27N3O2. The van der Waals surface area contributed by atoms with Gasteiger partial charge in [0, 0.05) is 13.1 Å². The molecule has 0 heterocycles. The van der Waals surface area contributed by atoms with E-state index < -0.39 is 6.10 Å². The van der Waals surface area contributed by atoms with Crippen molar-refractivity contribution < 1.29 is 9.84 Å². The molecule has 0 aromatic heterocycles. The normalized spacial score (nSPS) is 11.9. The van der Waals surface area contributed by atoms with Crippen LogP contribution in [0, 0.1) is 0 Å². The van der Waals surface area contributed by atoms with Gasteiger partial charge < -0.3 is 20.5 Å². The molecule has 0 aliphatic rings. The zero-order chi connectivity index (χ0) is 15.7. The number of rotatable bonds is 7. The summed E-state index contributed by atoms with van der Waals surface area (Å²) >= 11 is 0. The smallest absolute Gasteiger partial charge is 0.191 e. The molecule has 1 rings (SSSR count). The number of hydrogen-bond donors (Lipinski definition) is 3. The SMILES string of the molecule is CCNC(=NCC(O)c1cccc(OC(C)C)c1)NCC. The van der Waals surface area contributed by atoms with Crippen molar-refractivity contribution in [3.63, 3.8) is 0 Å². The van der Waals surface area contributed by atoms with E-state index in [0.29, 0.717) is 12.5 Å². The molecule has 0 aliphatic heterocycles. The predicted molar refractivity (Wildman–Crippen MR) is 86.8 cm³/mol. The van der Waals surface area contributed by atoms with E-state index in [0.717, 1.165) is 24.4 Å². The Kier molecular flexibility index (Phi) is 7.61. The lowest BCUT2D eigenvalue weighted by Crippen LogP contribution is -2.37. The van der Waals surface area contributed by atoms with Crippen molar-refractivity contribution in [3.8, 4) is 5.75 Å². The summed E-state index contributed by atoms with van der Waals surface area (Å²) < 4.78 is 5.64. The highest BCUT2D eigenvalue weighted by Gasteiger charge is 2.09. The average molecular weight is 293 g/mol. The van der Waals surface area contributed by atoms with E-state index >= 15 is 0 Å². The Morgan fingerprint density at radius 1 is 1.24 bits per heavy atom. The number of nitrogens with one attached hydrogen (secondary N) is 2. The van der Waals surface area contributed by atoms with Crippen LogP contribution in [0.15, 0.2) is 29.3 Å². The second kappa shape index (κ2) is 9.23. The van der Waals surface area contributed by atoms with Gasteiger partial charge in [-0.2, -0.15) is 0 Å². The summed E-state index contributed by atoms with van der Waals surface area (Å²) in [6, 6.07) is 7.52. The lowest BCUT2D eigenvalue weighted by Gasteiger charge is -2.14. The summed E-state index contributed by atoms with van der Waals surface area (Å²) in [5.41, 5.74) is 0.809. The molecule has 0 radical (unpaired) electrons. The molecule has 3 N–H and O–H groups in total. The van der Waals surface area contributed by atoms with Gasteiger partial charge in [-0.3, -0.25) is 4.99 Å². The van der Waals surface area contributed by atoms with E-state index in [-0.39, 0.29) is 6.10 Å². The third-order valence-electron chi connectivity index (χ3n) is 2.73. The molecule has 118 valence electrons. The largest absolute Gasteiger partial charge is 0.491 e. The molecule has 0 amide bonds. The van der Waals surface area contributed by atoms with Crippen molar-refractivity contribution >= 4 is 5.96 Å². The second-order valence-corrected chi connectivity index (χ2v) is 5.00. The Labute approximate surface area is 127 Å². The topological polar surface area (TPSA) is 65.9 Å². The molecule has 0 fully saturated rings. The van der Waals surface area contributed by atoms with E-state index in [1.807, 2.05) is 52.0 Å². The number of benzene rings is 1. The van der Waals surface area contributed by atoms with Crippen molar-refractivity contribution in [2.24, 2.45) is 4.99 Å². The monoisotopic (exact) mass is 293 g/mol. The second-order valence-electron chi connectivity index (χ2n) is 5.00. The molecule has 0 spiro atoms. The van der Waals surface area contributed by atoms with Gasteiger partial charge >= 0.3 is 0 Å². The third-order valence-corrected chi connectivity index (χ3v) is 2.73. The van der Waals surface area contributed by atoms with Crippen LogP contribution in [-0.2, 0) is 0 Å². The van der Waals surface area contributed by atoms with Crippen LogP contribution >= 0.6 is 0 Å². The summed E-state index contributed by atoms with van der Waals surface area (Å²) in [6.07, 6.45) is -0.530. The zero-order valence-electron chi connectivity index (χ0n) is 13.4. The Bertz CT molecular complexity index is 439. The van der Waals surface area contributed by atoms with E-state index in [4.69, 9.17) is 4.74 Å². The van der Waals surface area contributed by atoms with E-state index in [2.05, 4.69) is 15.6 Å². The maximum atomic E-state index is 10.2. The van der Waals surface area contributed by atoms with Crippen LogP contribution in [0.1, 0.15) is 39.4 Å². The first-order valence-corrected chi connectivity index (χ1v) is 7.53. The Balaban J connectivity index is 2.69. The Hall–Kier alpha value is -1.75. The highest BCUT2D eigenvalue weighted by molar-refractivity contribution is 5.79. The summed E-state index contributed by atoms with van der Waals surface area (Å²) in [4.78, 5) is 4.37. The summed E-state index contributed by atoms with van der Waals surface area (Å²) in [5, 5.41) is 16.5. The molecule has 5 nitrogen and oxygen atoms in total. The summed E-state index contributed by atoms with van der Waals surface area (Å²) in [5.74, 6) is 1.48.